The molecule has 1 nitrogen and oxygen atoms in total. The first-order chi connectivity index (χ1) is 9.28. The normalized spacial score (nSPS) is 43.0. The molecule has 4 rings (SSSR count). The monoisotopic (exact) mass is 256 g/mol. The maximum atomic E-state index is 6.81. The summed E-state index contributed by atoms with van der Waals surface area (Å²) in [6, 6.07) is 11.0. The predicted octanol–water partition coefficient (Wildman–Crippen LogP) is 4.66. The van der Waals surface area contributed by atoms with Gasteiger partial charge in [0.1, 0.15) is 0 Å². The molecule has 2 bridgehead atoms. The van der Waals surface area contributed by atoms with Crippen molar-refractivity contribution < 1.29 is 4.74 Å². The standard InChI is InChI=1S/C18H24O/c1-2-3-10-17-12-14-9-11-18(19-17,16(14)13-17)15-7-5-4-6-8-15/h4-8,14,16H,2-3,9-13H2,1H3/t14-,16-,17+,18+/m1/s1. The number of fused-ring (bicyclic) bond motifs is 1. The van der Waals surface area contributed by atoms with Gasteiger partial charge in [-0.15, -0.1) is 0 Å². The summed E-state index contributed by atoms with van der Waals surface area (Å²) in [5, 5.41) is 0. The zero-order valence-electron chi connectivity index (χ0n) is 11.9. The highest BCUT2D eigenvalue weighted by molar-refractivity contribution is 5.30. The molecule has 0 N–H and O–H groups in total. The zero-order chi connectivity index (χ0) is 12.9. The SMILES string of the molecule is CCCC[C@@]12C[C@H]3CC[C@@](c4ccccc4)(O1)[C@@H]3C2. The Labute approximate surface area is 116 Å². The van der Waals surface area contributed by atoms with Gasteiger partial charge < -0.3 is 4.74 Å². The highest BCUT2D eigenvalue weighted by atomic mass is 16.5. The van der Waals surface area contributed by atoms with Crippen molar-refractivity contribution in [1.29, 1.82) is 0 Å². The van der Waals surface area contributed by atoms with E-state index >= 15 is 0 Å². The van der Waals surface area contributed by atoms with E-state index in [1.807, 2.05) is 0 Å². The van der Waals surface area contributed by atoms with Crippen molar-refractivity contribution in [2.75, 3.05) is 0 Å². The summed E-state index contributed by atoms with van der Waals surface area (Å²) < 4.78 is 6.81. The lowest BCUT2D eigenvalue weighted by atomic mass is 9.82. The minimum atomic E-state index is 0.0813. The number of rotatable bonds is 4. The Morgan fingerprint density at radius 3 is 2.84 bits per heavy atom. The maximum absolute atomic E-state index is 6.81. The molecule has 0 spiro atoms. The molecule has 4 atom stereocenters. The third kappa shape index (κ3) is 1.57. The Kier molecular flexibility index (Phi) is 2.57. The Morgan fingerprint density at radius 2 is 2.05 bits per heavy atom. The number of ether oxygens (including phenoxy) is 1. The van der Waals surface area contributed by atoms with E-state index in [1.165, 1.54) is 50.5 Å². The molecule has 3 aliphatic rings. The summed E-state index contributed by atoms with van der Waals surface area (Å²) in [6.45, 7) is 2.29. The van der Waals surface area contributed by atoms with Gasteiger partial charge in [0.25, 0.3) is 0 Å². The lowest BCUT2D eigenvalue weighted by molar-refractivity contribution is -0.141. The smallest absolute Gasteiger partial charge is 0.0970 e. The molecule has 2 saturated carbocycles. The number of benzene rings is 1. The van der Waals surface area contributed by atoms with Crippen LogP contribution in [0.15, 0.2) is 30.3 Å². The second-order valence-corrected chi connectivity index (χ2v) is 6.96. The Morgan fingerprint density at radius 1 is 1.21 bits per heavy atom. The first-order valence-corrected chi connectivity index (χ1v) is 8.04. The molecule has 3 fully saturated rings. The van der Waals surface area contributed by atoms with Gasteiger partial charge in [0, 0.05) is 0 Å². The van der Waals surface area contributed by atoms with Gasteiger partial charge in [0.05, 0.1) is 11.2 Å². The molecule has 1 saturated heterocycles. The average Bonchev–Trinajstić information content (AvgIpc) is 3.02. The summed E-state index contributed by atoms with van der Waals surface area (Å²) in [5.41, 5.74) is 1.76. The quantitative estimate of drug-likeness (QED) is 0.761. The second kappa shape index (κ2) is 4.09. The van der Waals surface area contributed by atoms with E-state index < -0.39 is 0 Å². The summed E-state index contributed by atoms with van der Waals surface area (Å²) in [5.74, 6) is 1.73. The van der Waals surface area contributed by atoms with E-state index in [0.717, 1.165) is 11.8 Å². The molecule has 0 unspecified atom stereocenters. The van der Waals surface area contributed by atoms with Crippen LogP contribution in [0.25, 0.3) is 0 Å². The molecule has 0 amide bonds. The molecule has 1 aromatic rings. The van der Waals surface area contributed by atoms with Crippen LogP contribution >= 0.6 is 0 Å². The van der Waals surface area contributed by atoms with Crippen molar-refractivity contribution in [3.63, 3.8) is 0 Å². The van der Waals surface area contributed by atoms with Crippen LogP contribution < -0.4 is 0 Å². The number of hydrogen-bond donors (Lipinski definition) is 0. The lowest BCUT2D eigenvalue weighted by Gasteiger charge is -2.39. The topological polar surface area (TPSA) is 9.23 Å². The second-order valence-electron chi connectivity index (χ2n) is 6.96. The third-order valence-electron chi connectivity index (χ3n) is 5.93. The summed E-state index contributed by atoms with van der Waals surface area (Å²) in [7, 11) is 0. The van der Waals surface area contributed by atoms with Crippen molar-refractivity contribution in [3.8, 4) is 0 Å². The minimum Gasteiger partial charge on any atom is -0.364 e. The highest BCUT2D eigenvalue weighted by Gasteiger charge is 2.67. The molecule has 0 radical (unpaired) electrons. The Bertz CT molecular complexity index is 468. The lowest BCUT2D eigenvalue weighted by Crippen LogP contribution is -2.38. The van der Waals surface area contributed by atoms with E-state index in [-0.39, 0.29) is 11.2 Å². The number of unbranched alkanes of at least 4 members (excludes halogenated alkanes) is 1. The molecule has 1 heterocycles. The van der Waals surface area contributed by atoms with Gasteiger partial charge in [-0.05, 0) is 49.5 Å². The van der Waals surface area contributed by atoms with Gasteiger partial charge in [-0.2, -0.15) is 0 Å². The summed E-state index contributed by atoms with van der Waals surface area (Å²) in [4.78, 5) is 0. The van der Waals surface area contributed by atoms with Crippen molar-refractivity contribution in [1.82, 2.24) is 0 Å². The first kappa shape index (κ1) is 12.0. The van der Waals surface area contributed by atoms with E-state index in [9.17, 15) is 0 Å². The first-order valence-electron chi connectivity index (χ1n) is 8.04. The molecule has 2 aliphatic carbocycles. The van der Waals surface area contributed by atoms with Gasteiger partial charge >= 0.3 is 0 Å². The Balaban J connectivity index is 1.69. The highest BCUT2D eigenvalue weighted by Crippen LogP contribution is 2.68. The van der Waals surface area contributed by atoms with E-state index in [1.54, 1.807) is 0 Å². The van der Waals surface area contributed by atoms with Crippen molar-refractivity contribution in [3.05, 3.63) is 35.9 Å². The fraction of sp³-hybridized carbons (Fsp3) is 0.667. The van der Waals surface area contributed by atoms with Gasteiger partial charge in [0.2, 0.25) is 0 Å². The van der Waals surface area contributed by atoms with Crippen LogP contribution in [-0.4, -0.2) is 5.60 Å². The Hall–Kier alpha value is -0.820. The summed E-state index contributed by atoms with van der Waals surface area (Å²) in [6.07, 6.45) is 9.20. The van der Waals surface area contributed by atoms with Crippen LogP contribution in [0.1, 0.15) is 57.4 Å². The van der Waals surface area contributed by atoms with Crippen molar-refractivity contribution in [2.24, 2.45) is 11.8 Å². The fourth-order valence-corrected chi connectivity index (χ4v) is 5.19. The van der Waals surface area contributed by atoms with Crippen molar-refractivity contribution >= 4 is 0 Å². The molecule has 19 heavy (non-hydrogen) atoms. The summed E-state index contributed by atoms with van der Waals surface area (Å²) >= 11 is 0. The molecular formula is C18H24O. The maximum Gasteiger partial charge on any atom is 0.0970 e. The van der Waals surface area contributed by atoms with Crippen LogP contribution in [0.4, 0.5) is 0 Å². The molecule has 1 aromatic carbocycles. The predicted molar refractivity (Wildman–Crippen MR) is 76.9 cm³/mol. The van der Waals surface area contributed by atoms with E-state index in [2.05, 4.69) is 37.3 Å². The van der Waals surface area contributed by atoms with Crippen LogP contribution in [-0.2, 0) is 10.3 Å². The van der Waals surface area contributed by atoms with Gasteiger partial charge in [-0.25, -0.2) is 0 Å². The van der Waals surface area contributed by atoms with Crippen LogP contribution in [0, 0.1) is 11.8 Å². The van der Waals surface area contributed by atoms with Crippen LogP contribution in [0.2, 0.25) is 0 Å². The molecule has 1 aliphatic heterocycles. The molecule has 102 valence electrons. The van der Waals surface area contributed by atoms with Crippen molar-refractivity contribution in [2.45, 2.75) is 63.1 Å². The fourth-order valence-electron chi connectivity index (χ4n) is 5.19. The zero-order valence-corrected chi connectivity index (χ0v) is 11.9. The van der Waals surface area contributed by atoms with E-state index in [0.29, 0.717) is 0 Å². The average molecular weight is 256 g/mol. The largest absolute Gasteiger partial charge is 0.364 e. The van der Waals surface area contributed by atoms with Crippen LogP contribution in [0.5, 0.6) is 0 Å². The van der Waals surface area contributed by atoms with Crippen LogP contribution in [0.3, 0.4) is 0 Å². The van der Waals surface area contributed by atoms with E-state index in [4.69, 9.17) is 4.74 Å². The molecular weight excluding hydrogens is 232 g/mol. The number of hydrogen-bond acceptors (Lipinski definition) is 1. The third-order valence-corrected chi connectivity index (χ3v) is 5.93. The molecule has 1 heteroatoms. The van der Waals surface area contributed by atoms with Gasteiger partial charge in [-0.3, -0.25) is 0 Å². The van der Waals surface area contributed by atoms with Gasteiger partial charge in [-0.1, -0.05) is 50.1 Å². The van der Waals surface area contributed by atoms with Gasteiger partial charge in [0.15, 0.2) is 0 Å². The minimum absolute atomic E-state index is 0.0813. The molecule has 0 aromatic heterocycles.